The summed E-state index contributed by atoms with van der Waals surface area (Å²) in [6.07, 6.45) is 3.30. The van der Waals surface area contributed by atoms with Gasteiger partial charge in [-0.05, 0) is 25.7 Å². The van der Waals surface area contributed by atoms with Crippen LogP contribution >= 0.6 is 0 Å². The SMILES string of the molecule is CCCS(=O)CCCS(=O)CCCC1COC1=O. The minimum Gasteiger partial charge on any atom is -0.464 e. The van der Waals surface area contributed by atoms with Crippen molar-refractivity contribution in [3.05, 3.63) is 0 Å². The van der Waals surface area contributed by atoms with Gasteiger partial charge in [-0.1, -0.05) is 6.92 Å². The smallest absolute Gasteiger partial charge is 0.312 e. The fourth-order valence-electron chi connectivity index (χ4n) is 1.77. The number of carbonyl (C=O) groups excluding carboxylic acids is 1. The Hall–Kier alpha value is -0.230. The Morgan fingerprint density at radius 3 is 2.22 bits per heavy atom. The van der Waals surface area contributed by atoms with Crippen LogP contribution < -0.4 is 0 Å². The summed E-state index contributed by atoms with van der Waals surface area (Å²) in [5.74, 6) is 2.61. The molecule has 0 radical (unpaired) electrons. The highest BCUT2D eigenvalue weighted by molar-refractivity contribution is 7.85. The zero-order valence-electron chi connectivity index (χ0n) is 10.9. The van der Waals surface area contributed by atoms with Gasteiger partial charge in [-0.15, -0.1) is 0 Å². The molecule has 106 valence electrons. The van der Waals surface area contributed by atoms with E-state index in [1.54, 1.807) is 0 Å². The van der Waals surface area contributed by atoms with Crippen LogP contribution in [0.1, 0.15) is 32.6 Å². The lowest BCUT2D eigenvalue weighted by molar-refractivity contribution is -0.168. The van der Waals surface area contributed by atoms with E-state index in [4.69, 9.17) is 0 Å². The lowest BCUT2D eigenvalue weighted by atomic mass is 10.0. The van der Waals surface area contributed by atoms with E-state index in [-0.39, 0.29) is 11.9 Å². The summed E-state index contributed by atoms with van der Waals surface area (Å²) in [6, 6.07) is 0. The molecule has 0 N–H and O–H groups in total. The fraction of sp³-hybridized carbons (Fsp3) is 0.917. The van der Waals surface area contributed by atoms with Gasteiger partial charge in [0.15, 0.2) is 0 Å². The number of esters is 1. The van der Waals surface area contributed by atoms with Crippen LogP contribution in [0.3, 0.4) is 0 Å². The van der Waals surface area contributed by atoms with Gasteiger partial charge in [0.25, 0.3) is 0 Å². The van der Waals surface area contributed by atoms with Gasteiger partial charge in [0, 0.05) is 44.6 Å². The van der Waals surface area contributed by atoms with Crippen LogP contribution in [0, 0.1) is 5.92 Å². The molecular formula is C12H22O4S2. The predicted octanol–water partition coefficient (Wildman–Crippen LogP) is 1.24. The van der Waals surface area contributed by atoms with Crippen LogP contribution in [0.2, 0.25) is 0 Å². The number of hydrogen-bond donors (Lipinski definition) is 0. The minimum absolute atomic E-state index is 0.0408. The van der Waals surface area contributed by atoms with Crippen LogP contribution in [0.25, 0.3) is 0 Å². The van der Waals surface area contributed by atoms with Crippen molar-refractivity contribution in [2.45, 2.75) is 32.6 Å². The molecule has 1 rings (SSSR count). The summed E-state index contributed by atoms with van der Waals surface area (Å²) in [5.41, 5.74) is 0. The van der Waals surface area contributed by atoms with E-state index < -0.39 is 21.6 Å². The maximum absolute atomic E-state index is 11.6. The molecule has 1 saturated heterocycles. The Labute approximate surface area is 114 Å². The molecule has 0 spiro atoms. The van der Waals surface area contributed by atoms with Crippen molar-refractivity contribution in [2.75, 3.05) is 29.6 Å². The van der Waals surface area contributed by atoms with Crippen LogP contribution in [-0.4, -0.2) is 44.0 Å². The largest absolute Gasteiger partial charge is 0.464 e. The number of hydrogen-bond acceptors (Lipinski definition) is 4. The van der Waals surface area contributed by atoms with Crippen molar-refractivity contribution in [3.8, 4) is 0 Å². The molecule has 0 bridgehead atoms. The Balaban J connectivity index is 1.96. The summed E-state index contributed by atoms with van der Waals surface area (Å²) >= 11 is 0. The molecule has 0 aliphatic carbocycles. The van der Waals surface area contributed by atoms with Gasteiger partial charge in [0.2, 0.25) is 0 Å². The molecule has 1 fully saturated rings. The molecule has 1 aliphatic rings. The second kappa shape index (κ2) is 8.80. The van der Waals surface area contributed by atoms with Gasteiger partial charge in [-0.3, -0.25) is 13.2 Å². The molecule has 0 saturated carbocycles. The molecule has 1 aliphatic heterocycles. The van der Waals surface area contributed by atoms with Gasteiger partial charge in [-0.25, -0.2) is 0 Å². The Morgan fingerprint density at radius 1 is 1.11 bits per heavy atom. The molecule has 6 heteroatoms. The monoisotopic (exact) mass is 294 g/mol. The molecule has 0 aromatic carbocycles. The number of rotatable bonds is 10. The molecule has 3 atom stereocenters. The first-order valence-electron chi connectivity index (χ1n) is 6.50. The lowest BCUT2D eigenvalue weighted by Gasteiger charge is -2.23. The first-order valence-corrected chi connectivity index (χ1v) is 9.47. The van der Waals surface area contributed by atoms with E-state index in [0.29, 0.717) is 23.9 Å². The number of ether oxygens (including phenoxy) is 1. The van der Waals surface area contributed by atoms with E-state index in [9.17, 15) is 13.2 Å². The first-order chi connectivity index (χ1) is 8.63. The Morgan fingerprint density at radius 2 is 1.72 bits per heavy atom. The molecular weight excluding hydrogens is 272 g/mol. The Bertz CT molecular complexity index is 317. The van der Waals surface area contributed by atoms with Crippen molar-refractivity contribution in [3.63, 3.8) is 0 Å². The van der Waals surface area contributed by atoms with Crippen LogP contribution in [0.15, 0.2) is 0 Å². The third kappa shape index (κ3) is 6.09. The van der Waals surface area contributed by atoms with Gasteiger partial charge >= 0.3 is 5.97 Å². The van der Waals surface area contributed by atoms with Crippen LogP contribution in [-0.2, 0) is 31.1 Å². The topological polar surface area (TPSA) is 60.4 Å². The summed E-state index contributed by atoms with van der Waals surface area (Å²) < 4.78 is 27.7. The van der Waals surface area contributed by atoms with Crippen molar-refractivity contribution >= 4 is 27.6 Å². The van der Waals surface area contributed by atoms with Crippen molar-refractivity contribution in [1.29, 1.82) is 0 Å². The first kappa shape index (κ1) is 15.8. The normalized spacial score (nSPS) is 22.1. The molecule has 0 aromatic rings. The summed E-state index contributed by atoms with van der Waals surface area (Å²) in [4.78, 5) is 10.9. The standard InChI is InChI=1S/C12H22O4S2/c1-2-6-17(14)8-4-9-18(15)7-3-5-11-10-16-12(11)13/h11H,2-10H2,1H3. The molecule has 0 aromatic heterocycles. The molecule has 3 unspecified atom stereocenters. The highest BCUT2D eigenvalue weighted by Crippen LogP contribution is 2.18. The molecule has 1 heterocycles. The zero-order chi connectivity index (χ0) is 13.4. The highest BCUT2D eigenvalue weighted by Gasteiger charge is 2.29. The number of cyclic esters (lactones) is 1. The van der Waals surface area contributed by atoms with E-state index in [1.165, 1.54) is 0 Å². The maximum Gasteiger partial charge on any atom is 0.312 e. The van der Waals surface area contributed by atoms with E-state index >= 15 is 0 Å². The van der Waals surface area contributed by atoms with E-state index in [1.807, 2.05) is 6.92 Å². The van der Waals surface area contributed by atoms with Crippen molar-refractivity contribution in [2.24, 2.45) is 5.92 Å². The third-order valence-corrected chi connectivity index (χ3v) is 5.96. The minimum atomic E-state index is -0.832. The fourth-order valence-corrected chi connectivity index (χ4v) is 4.24. The van der Waals surface area contributed by atoms with Crippen molar-refractivity contribution in [1.82, 2.24) is 0 Å². The lowest BCUT2D eigenvalue weighted by Crippen LogP contribution is -2.34. The molecule has 0 amide bonds. The summed E-state index contributed by atoms with van der Waals surface area (Å²) in [5, 5.41) is 0. The van der Waals surface area contributed by atoms with E-state index in [2.05, 4.69) is 4.74 Å². The highest BCUT2D eigenvalue weighted by atomic mass is 32.2. The van der Waals surface area contributed by atoms with Gasteiger partial charge in [0.1, 0.15) is 6.61 Å². The van der Waals surface area contributed by atoms with Crippen molar-refractivity contribution < 1.29 is 17.9 Å². The van der Waals surface area contributed by atoms with E-state index in [0.717, 1.165) is 31.4 Å². The number of carbonyl (C=O) groups is 1. The quantitative estimate of drug-likeness (QED) is 0.569. The second-order valence-corrected chi connectivity index (χ2v) is 7.91. The summed E-state index contributed by atoms with van der Waals surface area (Å²) in [6.45, 7) is 2.54. The zero-order valence-corrected chi connectivity index (χ0v) is 12.5. The third-order valence-electron chi connectivity index (χ3n) is 2.86. The predicted molar refractivity (Wildman–Crippen MR) is 74.3 cm³/mol. The van der Waals surface area contributed by atoms with Gasteiger partial charge in [-0.2, -0.15) is 0 Å². The van der Waals surface area contributed by atoms with Crippen LogP contribution in [0.5, 0.6) is 0 Å². The average molecular weight is 294 g/mol. The second-order valence-electron chi connectivity index (χ2n) is 4.52. The maximum atomic E-state index is 11.6. The van der Waals surface area contributed by atoms with Crippen LogP contribution in [0.4, 0.5) is 0 Å². The Kier molecular flexibility index (Phi) is 7.74. The molecule has 4 nitrogen and oxygen atoms in total. The van der Waals surface area contributed by atoms with Gasteiger partial charge < -0.3 is 4.74 Å². The summed E-state index contributed by atoms with van der Waals surface area (Å²) in [7, 11) is -1.57. The molecule has 18 heavy (non-hydrogen) atoms. The van der Waals surface area contributed by atoms with Gasteiger partial charge in [0.05, 0.1) is 5.92 Å². The average Bonchev–Trinajstić information content (AvgIpc) is 2.33.